The van der Waals surface area contributed by atoms with Crippen molar-refractivity contribution in [2.24, 2.45) is 5.92 Å². The van der Waals surface area contributed by atoms with Crippen LogP contribution in [0.2, 0.25) is 0 Å². The Labute approximate surface area is 94.0 Å². The van der Waals surface area contributed by atoms with Gasteiger partial charge in [-0.2, -0.15) is 6.42 Å². The Balaban J connectivity index is 0.000000490. The third-order valence-corrected chi connectivity index (χ3v) is 1.35. The van der Waals surface area contributed by atoms with Crippen LogP contribution in [-0.4, -0.2) is 13.1 Å². The predicted octanol–water partition coefficient (Wildman–Crippen LogP) is -2.18. The van der Waals surface area contributed by atoms with Crippen molar-refractivity contribution in [3.63, 3.8) is 0 Å². The number of hydrogen-bond donors (Lipinski definition) is 1. The molecule has 1 nitrogen and oxygen atoms in total. The zero-order chi connectivity index (χ0) is 5.11. The van der Waals surface area contributed by atoms with Crippen molar-refractivity contribution in [3.05, 3.63) is 6.42 Å². The summed E-state index contributed by atoms with van der Waals surface area (Å²) in [5, 5.41) is 3.28. The summed E-state index contributed by atoms with van der Waals surface area (Å²) in [6, 6.07) is 0. The molecule has 1 aliphatic rings. The molecule has 2 heteroatoms. The molecule has 1 heterocycles. The van der Waals surface area contributed by atoms with Crippen LogP contribution in [-0.2, 0) is 0 Å². The molecule has 0 aromatic heterocycles. The van der Waals surface area contributed by atoms with Crippen molar-refractivity contribution >= 4 is 0 Å². The van der Waals surface area contributed by atoms with Gasteiger partial charge in [0.1, 0.15) is 0 Å². The van der Waals surface area contributed by atoms with E-state index in [-0.39, 0.29) is 51.4 Å². The molecule has 0 radical (unpaired) electrons. The topological polar surface area (TPSA) is 12.0 Å². The second-order valence-electron chi connectivity index (χ2n) is 2.29. The number of piperidine rings is 1. The van der Waals surface area contributed by atoms with Crippen molar-refractivity contribution in [2.45, 2.75) is 13.3 Å². The van der Waals surface area contributed by atoms with Crippen LogP contribution in [0, 0.1) is 12.3 Å². The van der Waals surface area contributed by atoms with Gasteiger partial charge < -0.3 is 11.7 Å². The van der Waals surface area contributed by atoms with Gasteiger partial charge in [0.15, 0.2) is 0 Å². The third-order valence-electron chi connectivity index (χ3n) is 1.35. The molecule has 1 unspecified atom stereocenters. The van der Waals surface area contributed by atoms with E-state index in [1.807, 2.05) is 0 Å². The largest absolute Gasteiger partial charge is 1.00 e. The van der Waals surface area contributed by atoms with E-state index >= 15 is 0 Å². The standard InChI is InChI=1S/C6H12N.K/c1-6-3-2-4-7-5-6;/h2,6-7H,3-5H2,1H3;/q-1;+1. The summed E-state index contributed by atoms with van der Waals surface area (Å²) in [7, 11) is 0. The fourth-order valence-electron chi connectivity index (χ4n) is 0.883. The number of nitrogens with one attached hydrogen (secondary N) is 1. The van der Waals surface area contributed by atoms with Gasteiger partial charge in [0.2, 0.25) is 0 Å². The van der Waals surface area contributed by atoms with Crippen LogP contribution in [0.25, 0.3) is 0 Å². The molecular formula is C6H12KN. The van der Waals surface area contributed by atoms with Crippen LogP contribution in [0.3, 0.4) is 0 Å². The molecule has 42 valence electrons. The zero-order valence-electron chi connectivity index (χ0n) is 5.78. The monoisotopic (exact) mass is 137 g/mol. The Hall–Kier alpha value is 1.60. The van der Waals surface area contributed by atoms with E-state index in [1.165, 1.54) is 13.0 Å². The first-order chi connectivity index (χ1) is 3.39. The molecule has 0 amide bonds. The Kier molecular flexibility index (Phi) is 6.46. The van der Waals surface area contributed by atoms with E-state index in [9.17, 15) is 0 Å². The summed E-state index contributed by atoms with van der Waals surface area (Å²) >= 11 is 0. The predicted molar refractivity (Wildman–Crippen MR) is 31.0 cm³/mol. The zero-order valence-corrected chi connectivity index (χ0v) is 8.90. The van der Waals surface area contributed by atoms with Crippen LogP contribution in [0.4, 0.5) is 0 Å². The molecule has 1 fully saturated rings. The van der Waals surface area contributed by atoms with E-state index < -0.39 is 0 Å². The molecule has 0 spiro atoms. The minimum absolute atomic E-state index is 0. The SMILES string of the molecule is CC1C[CH-]CNC1.[K+]. The van der Waals surface area contributed by atoms with Crippen molar-refractivity contribution in [1.82, 2.24) is 5.32 Å². The molecular weight excluding hydrogens is 125 g/mol. The Bertz CT molecular complexity index is 50.5. The Morgan fingerprint density at radius 1 is 1.62 bits per heavy atom. The van der Waals surface area contributed by atoms with E-state index in [0.29, 0.717) is 0 Å². The van der Waals surface area contributed by atoms with Crippen molar-refractivity contribution < 1.29 is 51.4 Å². The normalized spacial score (nSPS) is 28.9. The Morgan fingerprint density at radius 3 is 2.62 bits per heavy atom. The van der Waals surface area contributed by atoms with Gasteiger partial charge in [-0.1, -0.05) is 12.8 Å². The maximum Gasteiger partial charge on any atom is 1.00 e. The van der Waals surface area contributed by atoms with Gasteiger partial charge in [0, 0.05) is 0 Å². The molecule has 1 rings (SSSR count). The van der Waals surface area contributed by atoms with Gasteiger partial charge in [-0.3, -0.25) is 0 Å². The van der Waals surface area contributed by atoms with Gasteiger partial charge >= 0.3 is 51.4 Å². The van der Waals surface area contributed by atoms with Crippen molar-refractivity contribution in [3.8, 4) is 0 Å². The summed E-state index contributed by atoms with van der Waals surface area (Å²) in [5.74, 6) is 0.869. The fraction of sp³-hybridized carbons (Fsp3) is 0.833. The second kappa shape index (κ2) is 5.39. The molecule has 0 saturated carbocycles. The maximum absolute atomic E-state index is 3.28. The van der Waals surface area contributed by atoms with Crippen LogP contribution >= 0.6 is 0 Å². The molecule has 0 aromatic rings. The minimum atomic E-state index is 0. The molecule has 1 aliphatic heterocycles. The summed E-state index contributed by atoms with van der Waals surface area (Å²) < 4.78 is 0. The van der Waals surface area contributed by atoms with E-state index in [2.05, 4.69) is 18.7 Å². The Morgan fingerprint density at radius 2 is 2.38 bits per heavy atom. The van der Waals surface area contributed by atoms with E-state index in [0.717, 1.165) is 12.5 Å². The molecule has 0 aliphatic carbocycles. The fourth-order valence-corrected chi connectivity index (χ4v) is 0.883. The van der Waals surface area contributed by atoms with Gasteiger partial charge in [-0.05, 0) is 6.54 Å². The smallest absolute Gasteiger partial charge is 0.346 e. The summed E-state index contributed by atoms with van der Waals surface area (Å²) in [4.78, 5) is 0. The summed E-state index contributed by atoms with van der Waals surface area (Å²) in [6.45, 7) is 4.59. The van der Waals surface area contributed by atoms with E-state index in [4.69, 9.17) is 0 Å². The first-order valence-corrected chi connectivity index (χ1v) is 2.92. The quantitative estimate of drug-likeness (QED) is 0.296. The van der Waals surface area contributed by atoms with Gasteiger partial charge in [0.25, 0.3) is 0 Å². The van der Waals surface area contributed by atoms with Crippen LogP contribution < -0.4 is 56.7 Å². The third kappa shape index (κ3) is 3.59. The minimum Gasteiger partial charge on any atom is -0.346 e. The van der Waals surface area contributed by atoms with Crippen molar-refractivity contribution in [2.75, 3.05) is 13.1 Å². The average molecular weight is 137 g/mol. The summed E-state index contributed by atoms with van der Waals surface area (Å²) in [6.07, 6.45) is 3.60. The van der Waals surface area contributed by atoms with Crippen molar-refractivity contribution in [1.29, 1.82) is 0 Å². The first-order valence-electron chi connectivity index (χ1n) is 2.92. The first kappa shape index (κ1) is 9.60. The van der Waals surface area contributed by atoms with Gasteiger partial charge in [-0.25, -0.2) is 0 Å². The van der Waals surface area contributed by atoms with Crippen LogP contribution in [0.15, 0.2) is 0 Å². The molecule has 0 bridgehead atoms. The van der Waals surface area contributed by atoms with Gasteiger partial charge in [-0.15, -0.1) is 6.54 Å². The maximum atomic E-state index is 3.28. The molecule has 1 N–H and O–H groups in total. The number of rotatable bonds is 0. The summed E-state index contributed by atoms with van der Waals surface area (Å²) in [5.41, 5.74) is 0. The molecule has 0 aromatic carbocycles. The molecule has 1 saturated heterocycles. The molecule has 8 heavy (non-hydrogen) atoms. The van der Waals surface area contributed by atoms with Gasteiger partial charge in [0.05, 0.1) is 0 Å². The van der Waals surface area contributed by atoms with E-state index in [1.54, 1.807) is 0 Å². The second-order valence-corrected chi connectivity index (χ2v) is 2.29. The molecule has 1 atom stereocenters. The number of hydrogen-bond acceptors (Lipinski definition) is 1. The van der Waals surface area contributed by atoms with Crippen LogP contribution in [0.5, 0.6) is 0 Å². The average Bonchev–Trinajstić information content (AvgIpc) is 1.69. The van der Waals surface area contributed by atoms with Crippen LogP contribution in [0.1, 0.15) is 13.3 Å².